The number of halogens is 3. The number of aliphatic hydroxyl groups is 1. The van der Waals surface area contributed by atoms with Crippen LogP contribution in [0.4, 0.5) is 8.78 Å². The van der Waals surface area contributed by atoms with E-state index in [1.807, 2.05) is 0 Å². The van der Waals surface area contributed by atoms with E-state index in [0.29, 0.717) is 31.7 Å². The van der Waals surface area contributed by atoms with Gasteiger partial charge in [0.05, 0.1) is 0 Å². The van der Waals surface area contributed by atoms with Crippen molar-refractivity contribution in [3.63, 3.8) is 0 Å². The summed E-state index contributed by atoms with van der Waals surface area (Å²) >= 11 is 0. The maximum Gasteiger partial charge on any atom is 0.308 e. The number of carbonyl (C=O) groups excluding carboxylic acids is 1. The molecule has 130 valence electrons. The highest BCUT2D eigenvalue weighted by molar-refractivity contribution is 5.85. The fourth-order valence-electron chi connectivity index (χ4n) is 2.66. The van der Waals surface area contributed by atoms with Crippen molar-refractivity contribution in [2.75, 3.05) is 32.8 Å². The number of benzene rings is 1. The minimum Gasteiger partial charge on any atom is -0.427 e. The van der Waals surface area contributed by atoms with Crippen LogP contribution in [-0.2, 0) is 4.79 Å². The number of alkyl halides is 2. The summed E-state index contributed by atoms with van der Waals surface area (Å²) in [5, 5.41) is 12.2. The first-order valence-corrected chi connectivity index (χ1v) is 7.16. The second kappa shape index (κ2) is 8.54. The minimum atomic E-state index is -3.29. The molecule has 1 aromatic carbocycles. The van der Waals surface area contributed by atoms with Crippen LogP contribution in [0.5, 0.6) is 5.75 Å². The number of aliphatic hydroxyl groups excluding tert-OH is 1. The Labute approximate surface area is 140 Å². The van der Waals surface area contributed by atoms with E-state index in [-0.39, 0.29) is 18.2 Å². The molecule has 1 aliphatic rings. The maximum atomic E-state index is 14.3. The third-order valence-electron chi connectivity index (χ3n) is 3.56. The number of nitrogens with one attached hydrogen (secondary N) is 1. The van der Waals surface area contributed by atoms with Gasteiger partial charge in [-0.3, -0.25) is 9.69 Å². The first kappa shape index (κ1) is 19.8. The number of ether oxygens (including phenoxy) is 1. The number of piperazine rings is 1. The van der Waals surface area contributed by atoms with E-state index in [2.05, 4.69) is 5.32 Å². The quantitative estimate of drug-likeness (QED) is 0.624. The zero-order chi connectivity index (χ0) is 16.2. The van der Waals surface area contributed by atoms with E-state index in [1.165, 1.54) is 19.1 Å². The molecular formula is C15H21ClF2N2O3. The Morgan fingerprint density at radius 3 is 2.65 bits per heavy atom. The summed E-state index contributed by atoms with van der Waals surface area (Å²) in [5.74, 6) is -3.57. The van der Waals surface area contributed by atoms with Crippen LogP contribution in [0.3, 0.4) is 0 Å². The van der Waals surface area contributed by atoms with Gasteiger partial charge in [-0.05, 0) is 17.7 Å². The van der Waals surface area contributed by atoms with Crippen molar-refractivity contribution in [3.05, 3.63) is 29.8 Å². The van der Waals surface area contributed by atoms with E-state index in [1.54, 1.807) is 17.0 Å². The Bertz CT molecular complexity index is 525. The van der Waals surface area contributed by atoms with Gasteiger partial charge in [0.25, 0.3) is 5.92 Å². The van der Waals surface area contributed by atoms with Gasteiger partial charge in [-0.25, -0.2) is 8.78 Å². The fourth-order valence-corrected chi connectivity index (χ4v) is 2.66. The second-order valence-corrected chi connectivity index (χ2v) is 5.27. The van der Waals surface area contributed by atoms with Crippen LogP contribution in [0.15, 0.2) is 24.3 Å². The summed E-state index contributed by atoms with van der Waals surface area (Å²) in [6.07, 6.45) is 0. The van der Waals surface area contributed by atoms with Gasteiger partial charge in [0.1, 0.15) is 18.4 Å². The molecule has 1 aliphatic heterocycles. The summed E-state index contributed by atoms with van der Waals surface area (Å²) < 4.78 is 33.5. The molecule has 5 nitrogen and oxygen atoms in total. The molecule has 0 amide bonds. The SMILES string of the molecule is CC(=O)Oc1cccc([C@H](N2CCNCC2)C(F)(F)CO)c1.Cl. The van der Waals surface area contributed by atoms with E-state index in [9.17, 15) is 13.6 Å². The van der Waals surface area contributed by atoms with Crippen molar-refractivity contribution in [1.82, 2.24) is 10.2 Å². The summed E-state index contributed by atoms with van der Waals surface area (Å²) in [5.41, 5.74) is 0.319. The molecular weight excluding hydrogens is 330 g/mol. The summed E-state index contributed by atoms with van der Waals surface area (Å²) in [6, 6.07) is 4.84. The minimum absolute atomic E-state index is 0. The van der Waals surface area contributed by atoms with Gasteiger partial charge in [-0.2, -0.15) is 0 Å². The number of hydrogen-bond acceptors (Lipinski definition) is 5. The van der Waals surface area contributed by atoms with Crippen molar-refractivity contribution in [2.45, 2.75) is 18.9 Å². The molecule has 0 bridgehead atoms. The molecule has 0 aliphatic carbocycles. The van der Waals surface area contributed by atoms with Gasteiger partial charge in [-0.1, -0.05) is 12.1 Å². The van der Waals surface area contributed by atoms with E-state index < -0.39 is 24.5 Å². The van der Waals surface area contributed by atoms with Crippen molar-refractivity contribution < 1.29 is 23.4 Å². The third-order valence-corrected chi connectivity index (χ3v) is 3.56. The molecule has 0 saturated carbocycles. The predicted octanol–water partition coefficient (Wildman–Crippen LogP) is 1.61. The first-order chi connectivity index (χ1) is 10.4. The molecule has 0 spiro atoms. The van der Waals surface area contributed by atoms with Gasteiger partial charge in [0.2, 0.25) is 0 Å². The largest absolute Gasteiger partial charge is 0.427 e. The van der Waals surface area contributed by atoms with Crippen molar-refractivity contribution in [1.29, 1.82) is 0 Å². The number of hydrogen-bond donors (Lipinski definition) is 2. The average molecular weight is 351 g/mol. The Kier molecular flexibility index (Phi) is 7.34. The Balaban J connectivity index is 0.00000264. The van der Waals surface area contributed by atoms with E-state index in [0.717, 1.165) is 0 Å². The number of rotatable bonds is 5. The Morgan fingerprint density at radius 1 is 1.43 bits per heavy atom. The van der Waals surface area contributed by atoms with Crippen LogP contribution in [0.1, 0.15) is 18.5 Å². The molecule has 1 saturated heterocycles. The summed E-state index contributed by atoms with van der Waals surface area (Å²) in [7, 11) is 0. The topological polar surface area (TPSA) is 61.8 Å². The van der Waals surface area contributed by atoms with Crippen molar-refractivity contribution >= 4 is 18.4 Å². The lowest BCUT2D eigenvalue weighted by Crippen LogP contribution is -2.51. The van der Waals surface area contributed by atoms with Crippen LogP contribution < -0.4 is 10.1 Å². The molecule has 1 atom stereocenters. The lowest BCUT2D eigenvalue weighted by molar-refractivity contribution is -0.131. The molecule has 0 unspecified atom stereocenters. The Hall–Kier alpha value is -1.28. The van der Waals surface area contributed by atoms with Crippen LogP contribution in [0.2, 0.25) is 0 Å². The fraction of sp³-hybridized carbons (Fsp3) is 0.533. The van der Waals surface area contributed by atoms with Crippen LogP contribution in [0, 0.1) is 0 Å². The third kappa shape index (κ3) is 5.10. The number of carbonyl (C=O) groups is 1. The van der Waals surface area contributed by atoms with Gasteiger partial charge >= 0.3 is 5.97 Å². The van der Waals surface area contributed by atoms with Gasteiger partial charge < -0.3 is 15.2 Å². The lowest BCUT2D eigenvalue weighted by atomic mass is 9.98. The molecule has 1 heterocycles. The zero-order valence-corrected chi connectivity index (χ0v) is 13.6. The highest BCUT2D eigenvalue weighted by Crippen LogP contribution is 2.37. The molecule has 0 aromatic heterocycles. The van der Waals surface area contributed by atoms with Crippen LogP contribution in [0.25, 0.3) is 0 Å². The number of esters is 1. The normalized spacial score (nSPS) is 17.2. The molecule has 2 rings (SSSR count). The van der Waals surface area contributed by atoms with Crippen molar-refractivity contribution in [2.24, 2.45) is 0 Å². The predicted molar refractivity (Wildman–Crippen MR) is 84.2 cm³/mol. The monoisotopic (exact) mass is 350 g/mol. The van der Waals surface area contributed by atoms with Crippen LogP contribution in [-0.4, -0.2) is 54.7 Å². The standard InChI is InChI=1S/C15H20F2N2O3.ClH/c1-11(21)22-13-4-2-3-12(9-13)14(15(16,17)10-20)19-7-5-18-6-8-19;/h2-4,9,14,18,20H,5-8,10H2,1H3;1H/t14-;/m0./s1. The smallest absolute Gasteiger partial charge is 0.308 e. The van der Waals surface area contributed by atoms with Gasteiger partial charge in [0.15, 0.2) is 0 Å². The zero-order valence-electron chi connectivity index (χ0n) is 12.8. The molecule has 1 fully saturated rings. The summed E-state index contributed by atoms with van der Waals surface area (Å²) in [6.45, 7) is 2.15. The molecule has 1 aromatic rings. The highest BCUT2D eigenvalue weighted by Gasteiger charge is 2.44. The van der Waals surface area contributed by atoms with Crippen LogP contribution >= 0.6 is 12.4 Å². The molecule has 8 heteroatoms. The second-order valence-electron chi connectivity index (χ2n) is 5.27. The lowest BCUT2D eigenvalue weighted by Gasteiger charge is -2.38. The van der Waals surface area contributed by atoms with E-state index >= 15 is 0 Å². The van der Waals surface area contributed by atoms with Gasteiger partial charge in [0, 0.05) is 33.1 Å². The molecule has 23 heavy (non-hydrogen) atoms. The molecule has 2 N–H and O–H groups in total. The average Bonchev–Trinajstić information content (AvgIpc) is 2.48. The summed E-state index contributed by atoms with van der Waals surface area (Å²) in [4.78, 5) is 12.7. The first-order valence-electron chi connectivity index (χ1n) is 7.16. The van der Waals surface area contributed by atoms with E-state index in [4.69, 9.17) is 9.84 Å². The highest BCUT2D eigenvalue weighted by atomic mass is 35.5. The van der Waals surface area contributed by atoms with Gasteiger partial charge in [-0.15, -0.1) is 12.4 Å². The molecule has 0 radical (unpaired) electrons. The maximum absolute atomic E-state index is 14.3. The number of nitrogens with zero attached hydrogens (tertiary/aromatic N) is 1. The Morgan fingerprint density at radius 2 is 2.09 bits per heavy atom. The van der Waals surface area contributed by atoms with Crippen molar-refractivity contribution in [3.8, 4) is 5.75 Å².